The lowest BCUT2D eigenvalue weighted by Crippen LogP contribution is -2.29. The van der Waals surface area contributed by atoms with Crippen molar-refractivity contribution in [1.82, 2.24) is 4.72 Å². The van der Waals surface area contributed by atoms with Crippen LogP contribution in [0.3, 0.4) is 0 Å². The van der Waals surface area contributed by atoms with E-state index in [4.69, 9.17) is 16.3 Å². The maximum Gasteiger partial charge on any atom is 0.245 e. The first kappa shape index (κ1) is 19.4. The first-order valence-corrected chi connectivity index (χ1v) is 10.2. The summed E-state index contributed by atoms with van der Waals surface area (Å²) in [5.41, 5.74) is 2.78. The Hall–Kier alpha value is -2.34. The smallest absolute Gasteiger partial charge is 0.245 e. The molecular weight excluding hydrogens is 382 g/mol. The highest BCUT2D eigenvalue weighted by Gasteiger charge is 2.26. The molecule has 3 rings (SSSR count). The topological polar surface area (TPSA) is 55.4 Å². The van der Waals surface area contributed by atoms with Crippen LogP contribution in [-0.2, 0) is 10.0 Å². The Kier molecular flexibility index (Phi) is 5.85. The minimum Gasteiger partial charge on any atom is -0.495 e. The summed E-state index contributed by atoms with van der Waals surface area (Å²) in [6.07, 6.45) is 0. The van der Waals surface area contributed by atoms with Crippen LogP contribution in [0.4, 0.5) is 0 Å². The summed E-state index contributed by atoms with van der Waals surface area (Å²) in [5.74, 6) is 0.239. The predicted molar refractivity (Wildman–Crippen MR) is 108 cm³/mol. The van der Waals surface area contributed by atoms with E-state index in [1.165, 1.54) is 13.2 Å². The second kappa shape index (κ2) is 8.13. The zero-order valence-corrected chi connectivity index (χ0v) is 16.6. The molecule has 4 nitrogen and oxygen atoms in total. The molecule has 0 aliphatic heterocycles. The summed E-state index contributed by atoms with van der Waals surface area (Å²) in [7, 11) is -2.46. The number of halogens is 1. The summed E-state index contributed by atoms with van der Waals surface area (Å²) >= 11 is 6.02. The molecule has 3 aromatic rings. The van der Waals surface area contributed by atoms with Crippen molar-refractivity contribution in [3.63, 3.8) is 0 Å². The van der Waals surface area contributed by atoms with Crippen molar-refractivity contribution in [3.8, 4) is 5.75 Å². The molecule has 0 aliphatic carbocycles. The van der Waals surface area contributed by atoms with Crippen LogP contribution in [-0.4, -0.2) is 15.5 Å². The Morgan fingerprint density at radius 3 is 2.19 bits per heavy atom. The molecule has 0 aliphatic rings. The van der Waals surface area contributed by atoms with E-state index in [-0.39, 0.29) is 10.6 Å². The Balaban J connectivity index is 2.06. The molecule has 1 N–H and O–H groups in total. The molecule has 3 aromatic carbocycles. The number of ether oxygens (including phenoxy) is 1. The first-order chi connectivity index (χ1) is 12.9. The highest BCUT2D eigenvalue weighted by molar-refractivity contribution is 7.89. The molecule has 140 valence electrons. The lowest BCUT2D eigenvalue weighted by Gasteiger charge is -2.21. The molecule has 6 heteroatoms. The highest BCUT2D eigenvalue weighted by atomic mass is 35.5. The fourth-order valence-electron chi connectivity index (χ4n) is 2.81. The lowest BCUT2D eigenvalue weighted by atomic mass is 9.99. The molecule has 1 atom stereocenters. The molecule has 0 amide bonds. The average Bonchev–Trinajstić information content (AvgIpc) is 2.67. The Labute approximate surface area is 164 Å². The fourth-order valence-corrected chi connectivity index (χ4v) is 4.46. The van der Waals surface area contributed by atoms with Crippen LogP contribution in [0.2, 0.25) is 5.02 Å². The van der Waals surface area contributed by atoms with Gasteiger partial charge in [0.15, 0.2) is 0 Å². The number of hydrogen-bond acceptors (Lipinski definition) is 3. The SMILES string of the molecule is COc1ccc(Cl)cc1S(=O)(=O)N[C@@H](c1ccccc1)c1ccc(C)cc1. The van der Waals surface area contributed by atoms with Crippen molar-refractivity contribution in [2.45, 2.75) is 17.9 Å². The second-order valence-electron chi connectivity index (χ2n) is 6.17. The Bertz CT molecular complexity index is 1020. The van der Waals surface area contributed by atoms with Crippen LogP contribution in [0.1, 0.15) is 22.7 Å². The van der Waals surface area contributed by atoms with E-state index in [2.05, 4.69) is 4.72 Å². The van der Waals surface area contributed by atoms with Gasteiger partial charge in [-0.15, -0.1) is 0 Å². The van der Waals surface area contributed by atoms with Gasteiger partial charge in [0.2, 0.25) is 10.0 Å². The van der Waals surface area contributed by atoms with Gasteiger partial charge in [0, 0.05) is 5.02 Å². The zero-order valence-electron chi connectivity index (χ0n) is 15.0. The van der Waals surface area contributed by atoms with Gasteiger partial charge >= 0.3 is 0 Å². The van der Waals surface area contributed by atoms with Crippen molar-refractivity contribution < 1.29 is 13.2 Å². The average molecular weight is 402 g/mol. The number of benzene rings is 3. The molecule has 0 aromatic heterocycles. The minimum absolute atomic E-state index is 0.00513. The van der Waals surface area contributed by atoms with Gasteiger partial charge < -0.3 is 4.74 Å². The normalized spacial score (nSPS) is 12.6. The van der Waals surface area contributed by atoms with E-state index in [0.29, 0.717) is 5.02 Å². The molecule has 0 saturated carbocycles. The van der Waals surface area contributed by atoms with Gasteiger partial charge in [0.05, 0.1) is 13.2 Å². The third-order valence-electron chi connectivity index (χ3n) is 4.23. The van der Waals surface area contributed by atoms with Gasteiger partial charge in [-0.2, -0.15) is 4.72 Å². The number of hydrogen-bond donors (Lipinski definition) is 1. The van der Waals surface area contributed by atoms with Crippen molar-refractivity contribution in [1.29, 1.82) is 0 Å². The zero-order chi connectivity index (χ0) is 19.4. The largest absolute Gasteiger partial charge is 0.495 e. The third kappa shape index (κ3) is 4.50. The summed E-state index contributed by atoms with van der Waals surface area (Å²) in [5, 5.41) is 0.322. The summed E-state index contributed by atoms with van der Waals surface area (Å²) < 4.78 is 34.3. The molecule has 0 radical (unpaired) electrons. The number of nitrogens with one attached hydrogen (secondary N) is 1. The Morgan fingerprint density at radius 1 is 0.926 bits per heavy atom. The van der Waals surface area contributed by atoms with Gasteiger partial charge in [0.1, 0.15) is 10.6 Å². The minimum atomic E-state index is -3.89. The van der Waals surface area contributed by atoms with E-state index >= 15 is 0 Å². The van der Waals surface area contributed by atoms with E-state index < -0.39 is 16.1 Å². The van der Waals surface area contributed by atoms with Gasteiger partial charge in [-0.1, -0.05) is 71.8 Å². The number of rotatable bonds is 6. The quantitative estimate of drug-likeness (QED) is 0.649. The van der Waals surface area contributed by atoms with Crippen molar-refractivity contribution >= 4 is 21.6 Å². The van der Waals surface area contributed by atoms with Crippen molar-refractivity contribution in [2.24, 2.45) is 0 Å². The van der Waals surface area contributed by atoms with Gasteiger partial charge in [-0.25, -0.2) is 8.42 Å². The van der Waals surface area contributed by atoms with Crippen LogP contribution in [0.5, 0.6) is 5.75 Å². The van der Waals surface area contributed by atoms with Gasteiger partial charge in [-0.05, 0) is 36.2 Å². The Morgan fingerprint density at radius 2 is 1.56 bits per heavy atom. The van der Waals surface area contributed by atoms with E-state index in [1.807, 2.05) is 61.5 Å². The van der Waals surface area contributed by atoms with Crippen LogP contribution in [0.25, 0.3) is 0 Å². The summed E-state index contributed by atoms with van der Waals surface area (Å²) in [6, 6.07) is 21.2. The van der Waals surface area contributed by atoms with Crippen LogP contribution < -0.4 is 9.46 Å². The van der Waals surface area contributed by atoms with Crippen LogP contribution >= 0.6 is 11.6 Å². The predicted octanol–water partition coefficient (Wildman–Crippen LogP) is 4.72. The number of aryl methyl sites for hydroxylation is 1. The van der Waals surface area contributed by atoms with E-state index in [0.717, 1.165) is 16.7 Å². The fraction of sp³-hybridized carbons (Fsp3) is 0.143. The standard InChI is InChI=1S/C21H20ClNO3S/c1-15-8-10-17(11-9-15)21(16-6-4-3-5-7-16)23-27(24,25)20-14-18(22)12-13-19(20)26-2/h3-14,21,23H,1-2H3/t21-/m0/s1. The first-order valence-electron chi connectivity index (χ1n) is 8.38. The molecule has 27 heavy (non-hydrogen) atoms. The van der Waals surface area contributed by atoms with Gasteiger partial charge in [-0.3, -0.25) is 0 Å². The molecule has 0 bridgehead atoms. The molecule has 0 fully saturated rings. The third-order valence-corrected chi connectivity index (χ3v) is 5.91. The number of methoxy groups -OCH3 is 1. The molecule has 0 unspecified atom stereocenters. The summed E-state index contributed by atoms with van der Waals surface area (Å²) in [6.45, 7) is 1.99. The van der Waals surface area contributed by atoms with E-state index in [9.17, 15) is 8.42 Å². The van der Waals surface area contributed by atoms with Crippen LogP contribution in [0, 0.1) is 6.92 Å². The van der Waals surface area contributed by atoms with Crippen LogP contribution in [0.15, 0.2) is 77.7 Å². The maximum absolute atomic E-state index is 13.1. The summed E-state index contributed by atoms with van der Waals surface area (Å²) in [4.78, 5) is 0.00513. The second-order valence-corrected chi connectivity index (χ2v) is 8.29. The number of sulfonamides is 1. The molecule has 0 spiro atoms. The van der Waals surface area contributed by atoms with Crippen molar-refractivity contribution in [2.75, 3.05) is 7.11 Å². The van der Waals surface area contributed by atoms with E-state index in [1.54, 1.807) is 12.1 Å². The lowest BCUT2D eigenvalue weighted by molar-refractivity contribution is 0.402. The maximum atomic E-state index is 13.1. The molecular formula is C21H20ClNO3S. The van der Waals surface area contributed by atoms with Crippen molar-refractivity contribution in [3.05, 3.63) is 94.5 Å². The van der Waals surface area contributed by atoms with Gasteiger partial charge in [0.25, 0.3) is 0 Å². The monoisotopic (exact) mass is 401 g/mol. The highest BCUT2D eigenvalue weighted by Crippen LogP contribution is 2.30. The molecule has 0 saturated heterocycles. The molecule has 0 heterocycles.